The van der Waals surface area contributed by atoms with E-state index in [1.165, 1.54) is 5.56 Å². The SMILES string of the molecule is O=C1N(Cc2ccccc2)CC2COCCN12. The van der Waals surface area contributed by atoms with Crippen LogP contribution in [0.4, 0.5) is 4.79 Å². The lowest BCUT2D eigenvalue weighted by Gasteiger charge is -2.27. The summed E-state index contributed by atoms with van der Waals surface area (Å²) < 4.78 is 5.41. The molecular formula is C13H16N2O2. The van der Waals surface area contributed by atoms with Crippen LogP contribution in [0.15, 0.2) is 30.3 Å². The van der Waals surface area contributed by atoms with Crippen LogP contribution in [0.5, 0.6) is 0 Å². The molecule has 0 aliphatic carbocycles. The quantitative estimate of drug-likeness (QED) is 0.770. The lowest BCUT2D eigenvalue weighted by atomic mass is 10.2. The number of urea groups is 1. The minimum atomic E-state index is 0.155. The van der Waals surface area contributed by atoms with Gasteiger partial charge in [0.2, 0.25) is 0 Å². The number of hydrogen-bond acceptors (Lipinski definition) is 2. The van der Waals surface area contributed by atoms with Gasteiger partial charge >= 0.3 is 6.03 Å². The lowest BCUT2D eigenvalue weighted by molar-refractivity contribution is 0.0299. The summed E-state index contributed by atoms with van der Waals surface area (Å²) in [6, 6.07) is 10.5. The van der Waals surface area contributed by atoms with E-state index in [2.05, 4.69) is 12.1 Å². The third-order valence-electron chi connectivity index (χ3n) is 3.39. The first-order valence-corrected chi connectivity index (χ1v) is 6.02. The van der Waals surface area contributed by atoms with Crippen molar-refractivity contribution in [3.63, 3.8) is 0 Å². The van der Waals surface area contributed by atoms with Gasteiger partial charge in [-0.2, -0.15) is 0 Å². The maximum absolute atomic E-state index is 12.1. The van der Waals surface area contributed by atoms with E-state index in [1.807, 2.05) is 28.0 Å². The van der Waals surface area contributed by atoms with Gasteiger partial charge in [0, 0.05) is 19.6 Å². The third kappa shape index (κ3) is 2.00. The zero-order valence-corrected chi connectivity index (χ0v) is 9.71. The van der Waals surface area contributed by atoms with Gasteiger partial charge in [-0.25, -0.2) is 4.79 Å². The molecule has 1 aromatic carbocycles. The van der Waals surface area contributed by atoms with Crippen LogP contribution in [-0.2, 0) is 11.3 Å². The number of amides is 2. The summed E-state index contributed by atoms with van der Waals surface area (Å²) in [5.74, 6) is 0. The molecule has 0 radical (unpaired) electrons. The highest BCUT2D eigenvalue weighted by atomic mass is 16.5. The van der Waals surface area contributed by atoms with Gasteiger partial charge in [0.05, 0.1) is 19.3 Å². The third-order valence-corrected chi connectivity index (χ3v) is 3.39. The first-order valence-electron chi connectivity index (χ1n) is 6.02. The van der Waals surface area contributed by atoms with Crippen molar-refractivity contribution < 1.29 is 9.53 Å². The number of rotatable bonds is 2. The van der Waals surface area contributed by atoms with Crippen molar-refractivity contribution in [3.8, 4) is 0 Å². The first-order chi connectivity index (χ1) is 8.34. The Morgan fingerprint density at radius 2 is 2.12 bits per heavy atom. The summed E-state index contributed by atoms with van der Waals surface area (Å²) >= 11 is 0. The fraction of sp³-hybridized carbons (Fsp3) is 0.462. The molecule has 90 valence electrons. The summed E-state index contributed by atoms with van der Waals surface area (Å²) in [5, 5.41) is 0. The molecule has 3 rings (SSSR count). The van der Waals surface area contributed by atoms with Crippen LogP contribution >= 0.6 is 0 Å². The summed E-state index contributed by atoms with van der Waals surface area (Å²) in [4.78, 5) is 16.0. The maximum atomic E-state index is 12.1. The number of carbonyl (C=O) groups is 1. The van der Waals surface area contributed by atoms with Crippen molar-refractivity contribution in [1.29, 1.82) is 0 Å². The Morgan fingerprint density at radius 1 is 1.29 bits per heavy atom. The van der Waals surface area contributed by atoms with E-state index in [9.17, 15) is 4.79 Å². The molecule has 4 heteroatoms. The van der Waals surface area contributed by atoms with E-state index < -0.39 is 0 Å². The number of carbonyl (C=O) groups excluding carboxylic acids is 1. The molecule has 0 spiro atoms. The van der Waals surface area contributed by atoms with E-state index in [-0.39, 0.29) is 12.1 Å². The minimum absolute atomic E-state index is 0.155. The van der Waals surface area contributed by atoms with E-state index in [0.29, 0.717) is 19.8 Å². The van der Waals surface area contributed by atoms with Crippen molar-refractivity contribution in [2.75, 3.05) is 26.3 Å². The second-order valence-corrected chi connectivity index (χ2v) is 4.57. The number of ether oxygens (including phenoxy) is 1. The van der Waals surface area contributed by atoms with E-state index in [0.717, 1.165) is 13.1 Å². The van der Waals surface area contributed by atoms with Gasteiger partial charge in [-0.3, -0.25) is 0 Å². The van der Waals surface area contributed by atoms with Crippen molar-refractivity contribution in [2.24, 2.45) is 0 Å². The van der Waals surface area contributed by atoms with Crippen LogP contribution in [0.3, 0.4) is 0 Å². The van der Waals surface area contributed by atoms with Gasteiger partial charge in [-0.05, 0) is 5.56 Å². The van der Waals surface area contributed by atoms with Gasteiger partial charge in [-0.15, -0.1) is 0 Å². The fourth-order valence-electron chi connectivity index (χ4n) is 2.51. The topological polar surface area (TPSA) is 32.8 Å². The van der Waals surface area contributed by atoms with Gasteiger partial charge in [0.1, 0.15) is 0 Å². The second-order valence-electron chi connectivity index (χ2n) is 4.57. The highest BCUT2D eigenvalue weighted by Gasteiger charge is 2.38. The molecule has 2 aliphatic heterocycles. The Bertz CT molecular complexity index is 407. The molecule has 2 aliphatic rings. The number of nitrogens with zero attached hydrogens (tertiary/aromatic N) is 2. The highest BCUT2D eigenvalue weighted by Crippen LogP contribution is 2.21. The molecule has 0 aromatic heterocycles. The molecule has 4 nitrogen and oxygen atoms in total. The highest BCUT2D eigenvalue weighted by molar-refractivity contribution is 5.77. The van der Waals surface area contributed by atoms with E-state index in [1.54, 1.807) is 0 Å². The number of fused-ring (bicyclic) bond motifs is 1. The second kappa shape index (κ2) is 4.37. The first kappa shape index (κ1) is 10.6. The Labute approximate surface area is 101 Å². The van der Waals surface area contributed by atoms with Gasteiger partial charge in [0.15, 0.2) is 0 Å². The number of morpholine rings is 1. The molecule has 1 unspecified atom stereocenters. The van der Waals surface area contributed by atoms with Gasteiger partial charge in [0.25, 0.3) is 0 Å². The molecule has 0 bridgehead atoms. The van der Waals surface area contributed by atoms with Gasteiger partial charge in [-0.1, -0.05) is 30.3 Å². The van der Waals surface area contributed by atoms with Crippen LogP contribution in [-0.4, -0.2) is 48.2 Å². The zero-order chi connectivity index (χ0) is 11.7. The Hall–Kier alpha value is -1.55. The predicted molar refractivity (Wildman–Crippen MR) is 63.6 cm³/mol. The van der Waals surface area contributed by atoms with Crippen LogP contribution in [0.2, 0.25) is 0 Å². The van der Waals surface area contributed by atoms with Crippen molar-refractivity contribution in [3.05, 3.63) is 35.9 Å². The standard InChI is InChI=1S/C13H16N2O2/c16-13-14(8-11-4-2-1-3-5-11)9-12-10-17-7-6-15(12)13/h1-5,12H,6-10H2. The smallest absolute Gasteiger partial charge is 0.320 e. The molecule has 2 saturated heterocycles. The molecule has 17 heavy (non-hydrogen) atoms. The van der Waals surface area contributed by atoms with E-state index >= 15 is 0 Å². The van der Waals surface area contributed by atoms with Crippen LogP contribution < -0.4 is 0 Å². The summed E-state index contributed by atoms with van der Waals surface area (Å²) in [7, 11) is 0. The average Bonchev–Trinajstić information content (AvgIpc) is 2.68. The van der Waals surface area contributed by atoms with E-state index in [4.69, 9.17) is 4.74 Å². The summed E-state index contributed by atoms with van der Waals surface area (Å²) in [5.41, 5.74) is 1.18. The average molecular weight is 232 g/mol. The molecule has 2 heterocycles. The Morgan fingerprint density at radius 3 is 2.88 bits per heavy atom. The van der Waals surface area contributed by atoms with Crippen LogP contribution in [0.1, 0.15) is 5.56 Å². The van der Waals surface area contributed by atoms with Gasteiger partial charge < -0.3 is 14.5 Å². The molecule has 1 atom stereocenters. The Balaban J connectivity index is 1.71. The van der Waals surface area contributed by atoms with Crippen LogP contribution in [0, 0.1) is 0 Å². The minimum Gasteiger partial charge on any atom is -0.377 e. The lowest BCUT2D eigenvalue weighted by Crippen LogP contribution is -2.43. The molecule has 2 amide bonds. The molecule has 0 N–H and O–H groups in total. The number of benzene rings is 1. The van der Waals surface area contributed by atoms with Crippen LogP contribution in [0.25, 0.3) is 0 Å². The predicted octanol–water partition coefficient (Wildman–Crippen LogP) is 1.32. The normalized spacial score (nSPS) is 24.0. The summed E-state index contributed by atoms with van der Waals surface area (Å²) in [6.45, 7) is 3.56. The largest absolute Gasteiger partial charge is 0.377 e. The monoisotopic (exact) mass is 232 g/mol. The molecular weight excluding hydrogens is 216 g/mol. The summed E-state index contributed by atoms with van der Waals surface area (Å²) in [6.07, 6.45) is 0. The Kier molecular flexibility index (Phi) is 2.73. The van der Waals surface area contributed by atoms with Crippen molar-refractivity contribution in [2.45, 2.75) is 12.6 Å². The van der Waals surface area contributed by atoms with Crippen molar-refractivity contribution >= 4 is 6.03 Å². The fourth-order valence-corrected chi connectivity index (χ4v) is 2.51. The molecule has 2 fully saturated rings. The maximum Gasteiger partial charge on any atom is 0.320 e. The molecule has 0 saturated carbocycles. The van der Waals surface area contributed by atoms with Crippen molar-refractivity contribution in [1.82, 2.24) is 9.80 Å². The zero-order valence-electron chi connectivity index (χ0n) is 9.71. The molecule has 1 aromatic rings. The number of hydrogen-bond donors (Lipinski definition) is 0.